The largest absolute Gasteiger partial charge is 0.350 e. The molecule has 0 fully saturated rings. The summed E-state index contributed by atoms with van der Waals surface area (Å²) in [5, 5.41) is 8.59. The number of benzene rings is 2. The monoisotopic (exact) mass is 364 g/mol. The van der Waals surface area contributed by atoms with Gasteiger partial charge in [-0.05, 0) is 23.8 Å². The van der Waals surface area contributed by atoms with Gasteiger partial charge in [-0.3, -0.25) is 9.59 Å². The molecule has 7 heteroatoms. The van der Waals surface area contributed by atoms with Crippen molar-refractivity contribution < 1.29 is 9.18 Å². The fourth-order valence-corrected chi connectivity index (χ4v) is 3.22. The molecule has 6 nitrogen and oxygen atoms in total. The second-order valence-electron chi connectivity index (χ2n) is 6.35. The van der Waals surface area contributed by atoms with E-state index in [0.29, 0.717) is 5.52 Å². The van der Waals surface area contributed by atoms with Gasteiger partial charge in [-0.25, -0.2) is 9.07 Å². The van der Waals surface area contributed by atoms with Gasteiger partial charge in [0.05, 0.1) is 6.20 Å². The Balaban J connectivity index is 1.58. The van der Waals surface area contributed by atoms with E-state index in [9.17, 15) is 14.0 Å². The molecule has 0 saturated heterocycles. The maximum atomic E-state index is 12.9. The third kappa shape index (κ3) is 3.08. The van der Waals surface area contributed by atoms with Gasteiger partial charge in [-0.1, -0.05) is 30.3 Å². The first kappa shape index (κ1) is 17.0. The van der Waals surface area contributed by atoms with Crippen molar-refractivity contribution in [1.82, 2.24) is 19.7 Å². The second-order valence-corrected chi connectivity index (χ2v) is 6.35. The molecule has 0 saturated carbocycles. The average Bonchev–Trinajstić information content (AvgIpc) is 2.97. The van der Waals surface area contributed by atoms with E-state index >= 15 is 0 Å². The van der Waals surface area contributed by atoms with Gasteiger partial charge < -0.3 is 9.88 Å². The zero-order chi connectivity index (χ0) is 19.0. The predicted octanol–water partition coefficient (Wildman–Crippen LogP) is 2.34. The maximum absolute atomic E-state index is 12.9. The Kier molecular flexibility index (Phi) is 4.19. The van der Waals surface area contributed by atoms with E-state index in [1.165, 1.54) is 12.1 Å². The molecule has 4 aromatic rings. The van der Waals surface area contributed by atoms with E-state index in [1.807, 2.05) is 35.9 Å². The summed E-state index contributed by atoms with van der Waals surface area (Å²) < 4.78 is 15.9. The minimum absolute atomic E-state index is 0.183. The lowest BCUT2D eigenvalue weighted by Crippen LogP contribution is -2.33. The highest BCUT2D eigenvalue weighted by Crippen LogP contribution is 2.24. The summed E-state index contributed by atoms with van der Waals surface area (Å²) in [4.78, 5) is 25.0. The third-order valence-electron chi connectivity index (χ3n) is 4.61. The highest BCUT2D eigenvalue weighted by atomic mass is 19.1. The summed E-state index contributed by atoms with van der Waals surface area (Å²) in [7, 11) is 1.82. The Bertz CT molecular complexity index is 1210. The quantitative estimate of drug-likeness (QED) is 0.604. The zero-order valence-corrected chi connectivity index (χ0v) is 14.6. The first-order valence-electron chi connectivity index (χ1n) is 8.49. The molecule has 1 N–H and O–H groups in total. The summed E-state index contributed by atoms with van der Waals surface area (Å²) in [5.41, 5.74) is 1.90. The number of halogens is 1. The van der Waals surface area contributed by atoms with Gasteiger partial charge in [0, 0.05) is 29.9 Å². The molecule has 4 rings (SSSR count). The molecule has 0 spiro atoms. The van der Waals surface area contributed by atoms with Gasteiger partial charge in [0.15, 0.2) is 0 Å². The van der Waals surface area contributed by atoms with Crippen LogP contribution in [0.1, 0.15) is 5.56 Å². The van der Waals surface area contributed by atoms with Crippen molar-refractivity contribution in [2.45, 2.75) is 13.1 Å². The number of fused-ring (bicyclic) bond motifs is 3. The summed E-state index contributed by atoms with van der Waals surface area (Å²) in [6, 6.07) is 13.6. The van der Waals surface area contributed by atoms with Crippen molar-refractivity contribution in [2.75, 3.05) is 0 Å². The molecule has 2 aromatic carbocycles. The highest BCUT2D eigenvalue weighted by Gasteiger charge is 2.14. The maximum Gasteiger partial charge on any atom is 0.291 e. The Labute approximate surface area is 153 Å². The van der Waals surface area contributed by atoms with Crippen molar-refractivity contribution in [2.24, 2.45) is 7.05 Å². The van der Waals surface area contributed by atoms with Crippen LogP contribution in [-0.2, 0) is 24.9 Å². The first-order valence-corrected chi connectivity index (χ1v) is 8.49. The van der Waals surface area contributed by atoms with E-state index < -0.39 is 0 Å². The summed E-state index contributed by atoms with van der Waals surface area (Å²) in [6.45, 7) is 0.0711. The van der Waals surface area contributed by atoms with Crippen LogP contribution in [0, 0.1) is 5.82 Å². The summed E-state index contributed by atoms with van der Waals surface area (Å²) in [5.74, 6) is -0.670. The van der Waals surface area contributed by atoms with Crippen LogP contribution in [0.5, 0.6) is 0 Å². The molecule has 27 heavy (non-hydrogen) atoms. The molecule has 2 aromatic heterocycles. The van der Waals surface area contributed by atoms with Crippen molar-refractivity contribution >= 4 is 27.7 Å². The van der Waals surface area contributed by atoms with Gasteiger partial charge in [-0.2, -0.15) is 5.10 Å². The fraction of sp³-hybridized carbons (Fsp3) is 0.150. The van der Waals surface area contributed by atoms with Gasteiger partial charge in [-0.15, -0.1) is 0 Å². The lowest BCUT2D eigenvalue weighted by Gasteiger charge is -2.07. The number of carbonyl (C=O) groups is 1. The van der Waals surface area contributed by atoms with Crippen LogP contribution >= 0.6 is 0 Å². The Morgan fingerprint density at radius 1 is 1.11 bits per heavy atom. The number of hydrogen-bond donors (Lipinski definition) is 1. The van der Waals surface area contributed by atoms with Gasteiger partial charge >= 0.3 is 0 Å². The number of nitrogens with zero attached hydrogens (tertiary/aromatic N) is 3. The number of para-hydroxylation sites is 1. The van der Waals surface area contributed by atoms with Crippen LogP contribution in [0.3, 0.4) is 0 Å². The average molecular weight is 364 g/mol. The molecule has 0 aliphatic carbocycles. The SMILES string of the molecule is Cn1c2ccccc2c2cnn(CC(=O)NCc3ccc(F)cc3)c(=O)c21. The second kappa shape index (κ2) is 6.68. The predicted molar refractivity (Wildman–Crippen MR) is 101 cm³/mol. The number of hydrogen-bond acceptors (Lipinski definition) is 3. The number of amides is 1. The minimum Gasteiger partial charge on any atom is -0.350 e. The fourth-order valence-electron chi connectivity index (χ4n) is 3.22. The number of rotatable bonds is 4. The van der Waals surface area contributed by atoms with Gasteiger partial charge in [0.25, 0.3) is 5.56 Å². The van der Waals surface area contributed by atoms with Gasteiger partial charge in [0.2, 0.25) is 5.91 Å². The number of aryl methyl sites for hydroxylation is 1. The summed E-state index contributed by atoms with van der Waals surface area (Å²) in [6.07, 6.45) is 1.62. The molecular weight excluding hydrogens is 347 g/mol. The van der Waals surface area contributed by atoms with E-state index in [0.717, 1.165) is 26.5 Å². The van der Waals surface area contributed by atoms with Crippen LogP contribution < -0.4 is 10.9 Å². The van der Waals surface area contributed by atoms with Crippen LogP contribution in [-0.4, -0.2) is 20.3 Å². The topological polar surface area (TPSA) is 68.9 Å². The number of nitrogens with one attached hydrogen (secondary N) is 1. The van der Waals surface area contributed by atoms with Crippen molar-refractivity contribution in [3.8, 4) is 0 Å². The van der Waals surface area contributed by atoms with Crippen LogP contribution in [0.4, 0.5) is 4.39 Å². The standard InChI is InChI=1S/C20H17FN4O2/c1-24-17-5-3-2-4-15(17)16-11-23-25(20(27)19(16)24)12-18(26)22-10-13-6-8-14(21)9-7-13/h2-9,11H,10,12H2,1H3,(H,22,26). The lowest BCUT2D eigenvalue weighted by atomic mass is 10.2. The molecule has 1 amide bonds. The van der Waals surface area contributed by atoms with E-state index in [4.69, 9.17) is 0 Å². The molecule has 0 unspecified atom stereocenters. The Morgan fingerprint density at radius 2 is 1.85 bits per heavy atom. The van der Waals surface area contributed by atoms with Crippen molar-refractivity contribution in [3.05, 3.63) is 76.5 Å². The van der Waals surface area contributed by atoms with Crippen molar-refractivity contribution in [3.63, 3.8) is 0 Å². The molecular formula is C20H17FN4O2. The molecule has 0 atom stereocenters. The zero-order valence-electron chi connectivity index (χ0n) is 14.6. The molecule has 2 heterocycles. The van der Waals surface area contributed by atoms with Crippen LogP contribution in [0.15, 0.2) is 59.5 Å². The third-order valence-corrected chi connectivity index (χ3v) is 4.61. The Morgan fingerprint density at radius 3 is 2.63 bits per heavy atom. The van der Waals surface area contributed by atoms with Crippen LogP contribution in [0.2, 0.25) is 0 Å². The summed E-state index contributed by atoms with van der Waals surface area (Å²) >= 11 is 0. The minimum atomic E-state index is -0.341. The molecule has 0 aliphatic heterocycles. The normalized spacial score (nSPS) is 11.2. The number of aromatic nitrogens is 3. The van der Waals surface area contributed by atoms with E-state index in [2.05, 4.69) is 10.4 Å². The van der Waals surface area contributed by atoms with Crippen molar-refractivity contribution in [1.29, 1.82) is 0 Å². The highest BCUT2D eigenvalue weighted by molar-refractivity contribution is 6.07. The molecule has 0 bridgehead atoms. The molecule has 136 valence electrons. The van der Waals surface area contributed by atoms with Crippen LogP contribution in [0.25, 0.3) is 21.8 Å². The Hall–Kier alpha value is -3.48. The van der Waals surface area contributed by atoms with E-state index in [1.54, 1.807) is 18.3 Å². The van der Waals surface area contributed by atoms with E-state index in [-0.39, 0.29) is 30.4 Å². The van der Waals surface area contributed by atoms with Gasteiger partial charge in [0.1, 0.15) is 17.9 Å². The number of carbonyl (C=O) groups excluding carboxylic acids is 1. The molecule has 0 radical (unpaired) electrons. The molecule has 0 aliphatic rings. The smallest absolute Gasteiger partial charge is 0.291 e. The lowest BCUT2D eigenvalue weighted by molar-refractivity contribution is -0.122. The first-order chi connectivity index (χ1) is 13.0.